The van der Waals surface area contributed by atoms with Crippen molar-refractivity contribution in [2.75, 3.05) is 45.8 Å². The molecule has 30 heavy (non-hydrogen) atoms. The summed E-state index contributed by atoms with van der Waals surface area (Å²) in [5, 5.41) is 3.23. The quantitative estimate of drug-likeness (QED) is 0.712. The normalized spacial score (nSPS) is 18.6. The Morgan fingerprint density at radius 3 is 2.20 bits per heavy atom. The second-order valence-electron chi connectivity index (χ2n) is 8.55. The van der Waals surface area contributed by atoms with Crippen molar-refractivity contribution in [3.05, 3.63) is 35.9 Å². The molecule has 1 N–H and O–H groups in total. The van der Waals surface area contributed by atoms with Gasteiger partial charge in [0.1, 0.15) is 0 Å². The van der Waals surface area contributed by atoms with Crippen molar-refractivity contribution < 1.29 is 9.59 Å². The van der Waals surface area contributed by atoms with Crippen molar-refractivity contribution in [1.29, 1.82) is 0 Å². The minimum Gasteiger partial charge on any atom is -0.354 e. The average Bonchev–Trinajstić information content (AvgIpc) is 3.33. The van der Waals surface area contributed by atoms with Crippen molar-refractivity contribution in [2.24, 2.45) is 5.92 Å². The molecule has 2 aliphatic rings. The molecule has 166 valence electrons. The van der Waals surface area contributed by atoms with Crippen molar-refractivity contribution in [3.63, 3.8) is 0 Å². The van der Waals surface area contributed by atoms with Crippen LogP contribution in [0.4, 0.5) is 4.79 Å². The number of carbonyl (C=O) groups is 2. The van der Waals surface area contributed by atoms with Crippen LogP contribution in [0.15, 0.2) is 30.3 Å². The van der Waals surface area contributed by atoms with Gasteiger partial charge >= 0.3 is 6.03 Å². The topological polar surface area (TPSA) is 55.9 Å². The van der Waals surface area contributed by atoms with E-state index < -0.39 is 0 Å². The first-order chi connectivity index (χ1) is 14.6. The van der Waals surface area contributed by atoms with E-state index >= 15 is 0 Å². The molecule has 0 saturated carbocycles. The molecule has 6 heteroatoms. The summed E-state index contributed by atoms with van der Waals surface area (Å²) in [7, 11) is 0. The first-order valence-electron chi connectivity index (χ1n) is 11.7. The number of nitrogens with zero attached hydrogens (tertiary/aromatic N) is 3. The van der Waals surface area contributed by atoms with E-state index in [0.29, 0.717) is 25.7 Å². The minimum atomic E-state index is 0.0155. The average molecular weight is 415 g/mol. The molecule has 1 aromatic rings. The summed E-state index contributed by atoms with van der Waals surface area (Å²) in [5.74, 6) is 0.162. The van der Waals surface area contributed by atoms with Crippen LogP contribution < -0.4 is 5.32 Å². The van der Waals surface area contributed by atoms with E-state index in [1.165, 1.54) is 5.56 Å². The van der Waals surface area contributed by atoms with Gasteiger partial charge in [0.2, 0.25) is 5.91 Å². The van der Waals surface area contributed by atoms with E-state index in [1.807, 2.05) is 15.9 Å². The Balaban J connectivity index is 1.48. The zero-order chi connectivity index (χ0) is 21.3. The Morgan fingerprint density at radius 2 is 1.60 bits per heavy atom. The molecule has 0 aromatic heterocycles. The van der Waals surface area contributed by atoms with Crippen LogP contribution in [-0.2, 0) is 11.2 Å². The lowest BCUT2D eigenvalue weighted by molar-refractivity contribution is -0.126. The summed E-state index contributed by atoms with van der Waals surface area (Å²) in [6.45, 7) is 10.1. The Labute approximate surface area is 181 Å². The van der Waals surface area contributed by atoms with E-state index in [9.17, 15) is 9.59 Å². The lowest BCUT2D eigenvalue weighted by Crippen LogP contribution is -2.49. The highest BCUT2D eigenvalue weighted by molar-refractivity contribution is 5.79. The van der Waals surface area contributed by atoms with Gasteiger partial charge in [-0.25, -0.2) is 4.79 Å². The van der Waals surface area contributed by atoms with Crippen LogP contribution >= 0.6 is 0 Å². The lowest BCUT2D eigenvalue weighted by Gasteiger charge is -2.35. The van der Waals surface area contributed by atoms with Gasteiger partial charge in [0.15, 0.2) is 0 Å². The predicted octanol–water partition coefficient (Wildman–Crippen LogP) is 2.98. The SMILES string of the molecule is CCN(CC)C(CNC(=O)C1CCN(C(=O)N2CCCC2)CC1)Cc1ccccc1. The van der Waals surface area contributed by atoms with E-state index in [1.54, 1.807) is 0 Å². The fraction of sp³-hybridized carbons (Fsp3) is 0.667. The maximum absolute atomic E-state index is 12.8. The van der Waals surface area contributed by atoms with Crippen LogP contribution in [-0.4, -0.2) is 78.5 Å². The number of benzene rings is 1. The number of likely N-dealkylation sites (N-methyl/N-ethyl adjacent to an activating group) is 1. The largest absolute Gasteiger partial charge is 0.354 e. The van der Waals surface area contributed by atoms with Gasteiger partial charge in [-0.05, 0) is 50.8 Å². The summed E-state index contributed by atoms with van der Waals surface area (Å²) >= 11 is 0. The maximum atomic E-state index is 12.8. The molecule has 1 atom stereocenters. The monoisotopic (exact) mass is 414 g/mol. The predicted molar refractivity (Wildman–Crippen MR) is 120 cm³/mol. The number of piperidine rings is 1. The number of hydrogen-bond acceptors (Lipinski definition) is 3. The second kappa shape index (κ2) is 11.3. The van der Waals surface area contributed by atoms with Crippen LogP contribution in [0.1, 0.15) is 45.1 Å². The van der Waals surface area contributed by atoms with Crippen LogP contribution in [0.25, 0.3) is 0 Å². The number of urea groups is 1. The highest BCUT2D eigenvalue weighted by Crippen LogP contribution is 2.20. The van der Waals surface area contributed by atoms with Gasteiger partial charge in [-0.1, -0.05) is 44.2 Å². The number of nitrogens with one attached hydrogen (secondary N) is 1. The molecule has 0 radical (unpaired) electrons. The van der Waals surface area contributed by atoms with Gasteiger partial charge < -0.3 is 15.1 Å². The third-order valence-electron chi connectivity index (χ3n) is 6.67. The minimum absolute atomic E-state index is 0.0155. The van der Waals surface area contributed by atoms with Crippen molar-refractivity contribution in [3.8, 4) is 0 Å². The molecule has 2 fully saturated rings. The van der Waals surface area contributed by atoms with Gasteiger partial charge in [-0.15, -0.1) is 0 Å². The Morgan fingerprint density at radius 1 is 1.00 bits per heavy atom. The number of hydrogen-bond donors (Lipinski definition) is 1. The van der Waals surface area contributed by atoms with Crippen LogP contribution in [0, 0.1) is 5.92 Å². The molecule has 2 heterocycles. The molecule has 6 nitrogen and oxygen atoms in total. The summed E-state index contributed by atoms with van der Waals surface area (Å²) in [6.07, 6.45) is 4.69. The van der Waals surface area contributed by atoms with Crippen molar-refractivity contribution >= 4 is 11.9 Å². The number of amides is 3. The smallest absolute Gasteiger partial charge is 0.319 e. The molecule has 3 rings (SSSR count). The van der Waals surface area contributed by atoms with Crippen molar-refractivity contribution in [2.45, 2.75) is 52.0 Å². The lowest BCUT2D eigenvalue weighted by atomic mass is 9.95. The fourth-order valence-corrected chi connectivity index (χ4v) is 4.76. The molecule has 2 aliphatic heterocycles. The Kier molecular flexibility index (Phi) is 8.55. The fourth-order valence-electron chi connectivity index (χ4n) is 4.76. The summed E-state index contributed by atoms with van der Waals surface area (Å²) in [5.41, 5.74) is 1.30. The molecular weight excluding hydrogens is 376 g/mol. The third-order valence-corrected chi connectivity index (χ3v) is 6.67. The van der Waals surface area contributed by atoms with E-state index in [-0.39, 0.29) is 17.9 Å². The third kappa shape index (κ3) is 5.97. The van der Waals surface area contributed by atoms with Gasteiger partial charge in [0.05, 0.1) is 0 Å². The highest BCUT2D eigenvalue weighted by atomic mass is 16.2. The van der Waals surface area contributed by atoms with Crippen molar-refractivity contribution in [1.82, 2.24) is 20.0 Å². The Bertz CT molecular complexity index is 663. The maximum Gasteiger partial charge on any atom is 0.319 e. The van der Waals surface area contributed by atoms with Gasteiger partial charge in [-0.3, -0.25) is 9.69 Å². The first kappa shape index (κ1) is 22.6. The van der Waals surface area contributed by atoms with Gasteiger partial charge in [-0.2, -0.15) is 0 Å². The summed E-state index contributed by atoms with van der Waals surface area (Å²) in [4.78, 5) is 31.7. The standard InChI is InChI=1S/C24H38N4O2/c1-3-26(4-2)22(18-20-10-6-5-7-11-20)19-25-23(29)21-12-16-28(17-13-21)24(30)27-14-8-9-15-27/h5-7,10-11,21-22H,3-4,8-9,12-19H2,1-2H3,(H,25,29). The van der Waals surface area contributed by atoms with Crippen LogP contribution in [0.2, 0.25) is 0 Å². The molecule has 0 aliphatic carbocycles. The highest BCUT2D eigenvalue weighted by Gasteiger charge is 2.30. The molecule has 2 saturated heterocycles. The van der Waals surface area contributed by atoms with Crippen LogP contribution in [0.5, 0.6) is 0 Å². The first-order valence-corrected chi connectivity index (χ1v) is 11.7. The van der Waals surface area contributed by atoms with E-state index in [4.69, 9.17) is 0 Å². The zero-order valence-corrected chi connectivity index (χ0v) is 18.7. The number of rotatable bonds is 8. The molecule has 1 aromatic carbocycles. The molecule has 0 spiro atoms. The van der Waals surface area contributed by atoms with E-state index in [2.05, 4.69) is 48.3 Å². The second-order valence-corrected chi connectivity index (χ2v) is 8.55. The molecule has 0 bridgehead atoms. The molecule has 1 unspecified atom stereocenters. The molecule has 3 amide bonds. The van der Waals surface area contributed by atoms with Gasteiger partial charge in [0, 0.05) is 44.7 Å². The number of carbonyl (C=O) groups excluding carboxylic acids is 2. The Hall–Kier alpha value is -2.08. The summed E-state index contributed by atoms with van der Waals surface area (Å²) < 4.78 is 0. The summed E-state index contributed by atoms with van der Waals surface area (Å²) in [6, 6.07) is 11.0. The zero-order valence-electron chi connectivity index (χ0n) is 18.7. The van der Waals surface area contributed by atoms with Gasteiger partial charge in [0.25, 0.3) is 0 Å². The molecular formula is C24H38N4O2. The number of likely N-dealkylation sites (tertiary alicyclic amines) is 2. The van der Waals surface area contributed by atoms with E-state index in [0.717, 1.165) is 58.3 Å². The van der Waals surface area contributed by atoms with Crippen LogP contribution in [0.3, 0.4) is 0 Å².